The van der Waals surface area contributed by atoms with E-state index in [1.54, 1.807) is 10.6 Å². The molecule has 0 unspecified atom stereocenters. The highest BCUT2D eigenvalue weighted by atomic mass is 79.9. The molecule has 0 spiro atoms. The zero-order chi connectivity index (χ0) is 8.72. The van der Waals surface area contributed by atoms with Crippen molar-refractivity contribution in [2.75, 3.05) is 0 Å². The number of carbonyl (C=O) groups is 1. The number of aromatic carboxylic acids is 1. The molecular weight excluding hydrogens is 280 g/mol. The van der Waals surface area contributed by atoms with Crippen molar-refractivity contribution < 1.29 is 9.90 Å². The molecule has 0 aliphatic rings. The van der Waals surface area contributed by atoms with E-state index >= 15 is 0 Å². The normalized spacial score (nSPS) is 9.92. The smallest absolute Gasteiger partial charge is 0.357 e. The van der Waals surface area contributed by atoms with Crippen LogP contribution in [0.15, 0.2) is 16.2 Å². The second kappa shape index (κ2) is 3.65. The highest BCUT2D eigenvalue weighted by Gasteiger charge is 2.15. The molecule has 0 radical (unpaired) electrons. The van der Waals surface area contributed by atoms with Crippen molar-refractivity contribution in [3.63, 3.8) is 0 Å². The van der Waals surface area contributed by atoms with Crippen LogP contribution in [0.5, 0.6) is 0 Å². The lowest BCUT2D eigenvalue weighted by molar-refractivity contribution is 0.0690. The predicted molar refractivity (Wildman–Crippen MR) is 55.0 cm³/mol. The van der Waals surface area contributed by atoms with Gasteiger partial charge >= 0.3 is 5.97 Å². The molecule has 0 atom stereocenters. The minimum atomic E-state index is -1.02. The lowest BCUT2D eigenvalue weighted by Crippen LogP contribution is -1.97. The molecule has 4 nitrogen and oxygen atoms in total. The summed E-state index contributed by atoms with van der Waals surface area (Å²) in [4.78, 5) is 15.2. The van der Waals surface area contributed by atoms with Gasteiger partial charge in [-0.1, -0.05) is 0 Å². The Kier molecular flexibility index (Phi) is 2.94. The molecular formula is C6H4BrClN2O2S. The van der Waals surface area contributed by atoms with Crippen LogP contribution < -0.4 is 0 Å². The van der Waals surface area contributed by atoms with E-state index in [2.05, 4.69) is 20.9 Å². The number of fused-ring (bicyclic) bond motifs is 1. The van der Waals surface area contributed by atoms with E-state index in [0.29, 0.717) is 9.56 Å². The van der Waals surface area contributed by atoms with Gasteiger partial charge in [0.2, 0.25) is 0 Å². The first-order valence-electron chi connectivity index (χ1n) is 3.04. The summed E-state index contributed by atoms with van der Waals surface area (Å²) in [6.45, 7) is 0. The Morgan fingerprint density at radius 3 is 2.92 bits per heavy atom. The number of halogens is 2. The highest BCUT2D eigenvalue weighted by molar-refractivity contribution is 9.10. The van der Waals surface area contributed by atoms with Gasteiger partial charge in [-0.3, -0.25) is 4.40 Å². The maximum absolute atomic E-state index is 10.6. The highest BCUT2D eigenvalue weighted by Crippen LogP contribution is 2.21. The van der Waals surface area contributed by atoms with E-state index < -0.39 is 5.97 Å². The summed E-state index contributed by atoms with van der Waals surface area (Å²) in [5.41, 5.74) is 0.0573. The van der Waals surface area contributed by atoms with Gasteiger partial charge in [0.25, 0.3) is 0 Å². The van der Waals surface area contributed by atoms with E-state index in [-0.39, 0.29) is 18.1 Å². The molecule has 0 aromatic carbocycles. The van der Waals surface area contributed by atoms with Crippen LogP contribution in [0.2, 0.25) is 0 Å². The third-order valence-corrected chi connectivity index (χ3v) is 2.92. The van der Waals surface area contributed by atoms with Gasteiger partial charge in [0.15, 0.2) is 10.7 Å². The molecule has 2 aromatic rings. The lowest BCUT2D eigenvalue weighted by atomic mass is 10.5. The SMILES string of the molecule is Cl.O=C(O)c1nc2sccn2c1Br. The average Bonchev–Trinajstić information content (AvgIpc) is 2.53. The zero-order valence-corrected chi connectivity index (χ0v) is 9.32. The molecule has 2 rings (SSSR count). The number of carboxylic acid groups (broad SMARTS) is 1. The van der Waals surface area contributed by atoms with Gasteiger partial charge in [-0.05, 0) is 15.9 Å². The Morgan fingerprint density at radius 1 is 1.69 bits per heavy atom. The van der Waals surface area contributed by atoms with Gasteiger partial charge in [0, 0.05) is 11.6 Å². The largest absolute Gasteiger partial charge is 0.476 e. The van der Waals surface area contributed by atoms with Gasteiger partial charge in [-0.25, -0.2) is 9.78 Å². The van der Waals surface area contributed by atoms with E-state index in [9.17, 15) is 4.79 Å². The fourth-order valence-corrected chi connectivity index (χ4v) is 2.27. The number of hydrogen-bond donors (Lipinski definition) is 1. The summed E-state index contributed by atoms with van der Waals surface area (Å²) >= 11 is 4.56. The molecule has 0 aliphatic carbocycles. The summed E-state index contributed by atoms with van der Waals surface area (Å²) in [5, 5.41) is 10.5. The van der Waals surface area contributed by atoms with Crippen LogP contribution in [0.4, 0.5) is 0 Å². The molecule has 0 fully saturated rings. The van der Waals surface area contributed by atoms with Gasteiger partial charge < -0.3 is 5.11 Å². The number of carboxylic acids is 1. The standard InChI is InChI=1S/C6H3BrN2O2S.ClH/c7-4-3(5(10)11)8-6-9(4)1-2-12-6;/h1-2H,(H,10,11);1H. The number of thiazole rings is 1. The molecule has 0 saturated heterocycles. The van der Waals surface area contributed by atoms with Crippen molar-refractivity contribution in [2.24, 2.45) is 0 Å². The summed E-state index contributed by atoms with van der Waals surface area (Å²) in [6, 6.07) is 0. The molecule has 0 aliphatic heterocycles. The molecule has 7 heteroatoms. The molecule has 0 saturated carbocycles. The first-order valence-corrected chi connectivity index (χ1v) is 4.72. The second-order valence-electron chi connectivity index (χ2n) is 2.11. The van der Waals surface area contributed by atoms with Gasteiger partial charge in [0.1, 0.15) is 4.60 Å². The lowest BCUT2D eigenvalue weighted by Gasteiger charge is -1.86. The topological polar surface area (TPSA) is 54.6 Å². The van der Waals surface area contributed by atoms with Crippen molar-refractivity contribution >= 4 is 50.6 Å². The summed E-state index contributed by atoms with van der Waals surface area (Å²) in [5.74, 6) is -1.02. The molecule has 2 aromatic heterocycles. The summed E-state index contributed by atoms with van der Waals surface area (Å²) in [7, 11) is 0. The van der Waals surface area contributed by atoms with Crippen LogP contribution >= 0.6 is 39.7 Å². The van der Waals surface area contributed by atoms with E-state index in [0.717, 1.165) is 0 Å². The Bertz CT molecular complexity index is 452. The van der Waals surface area contributed by atoms with Crippen LogP contribution in [0.1, 0.15) is 10.5 Å². The fourth-order valence-electron chi connectivity index (χ4n) is 0.894. The Balaban J connectivity index is 0.000000845. The summed E-state index contributed by atoms with van der Waals surface area (Å²) in [6.07, 6.45) is 1.77. The maximum Gasteiger partial charge on any atom is 0.357 e. The number of hydrogen-bond acceptors (Lipinski definition) is 3. The third kappa shape index (κ3) is 1.56. The number of aromatic nitrogens is 2. The molecule has 13 heavy (non-hydrogen) atoms. The Labute approximate surface area is 91.8 Å². The molecule has 0 bridgehead atoms. The monoisotopic (exact) mass is 282 g/mol. The molecule has 2 heterocycles. The minimum absolute atomic E-state index is 0. The van der Waals surface area contributed by atoms with E-state index in [1.165, 1.54) is 11.3 Å². The molecule has 70 valence electrons. The minimum Gasteiger partial charge on any atom is -0.476 e. The van der Waals surface area contributed by atoms with Crippen molar-refractivity contribution in [3.05, 3.63) is 21.9 Å². The molecule has 1 N–H and O–H groups in total. The van der Waals surface area contributed by atoms with Crippen LogP contribution in [0.25, 0.3) is 4.96 Å². The van der Waals surface area contributed by atoms with Crippen molar-refractivity contribution in [2.45, 2.75) is 0 Å². The second-order valence-corrected chi connectivity index (χ2v) is 3.74. The van der Waals surface area contributed by atoms with Gasteiger partial charge in [-0.2, -0.15) is 0 Å². The zero-order valence-electron chi connectivity index (χ0n) is 6.10. The van der Waals surface area contributed by atoms with E-state index in [1.807, 2.05) is 5.38 Å². The maximum atomic E-state index is 10.6. The fraction of sp³-hybridized carbons (Fsp3) is 0. The van der Waals surface area contributed by atoms with Crippen LogP contribution in [-0.4, -0.2) is 20.5 Å². The van der Waals surface area contributed by atoms with Crippen LogP contribution in [-0.2, 0) is 0 Å². The Hall–Kier alpha value is -0.590. The Morgan fingerprint density at radius 2 is 2.38 bits per heavy atom. The van der Waals surface area contributed by atoms with E-state index in [4.69, 9.17) is 5.11 Å². The summed E-state index contributed by atoms with van der Waals surface area (Å²) < 4.78 is 2.18. The number of nitrogens with zero attached hydrogens (tertiary/aromatic N) is 2. The van der Waals surface area contributed by atoms with Crippen molar-refractivity contribution in [1.29, 1.82) is 0 Å². The van der Waals surface area contributed by atoms with Gasteiger partial charge in [-0.15, -0.1) is 23.7 Å². The predicted octanol–water partition coefficient (Wildman–Crippen LogP) is 2.28. The first kappa shape index (κ1) is 10.5. The number of rotatable bonds is 1. The van der Waals surface area contributed by atoms with Crippen molar-refractivity contribution in [1.82, 2.24) is 9.38 Å². The average molecular weight is 284 g/mol. The molecule has 0 amide bonds. The number of imidazole rings is 1. The first-order chi connectivity index (χ1) is 5.70. The van der Waals surface area contributed by atoms with Crippen LogP contribution in [0.3, 0.4) is 0 Å². The quantitative estimate of drug-likeness (QED) is 0.873. The third-order valence-electron chi connectivity index (χ3n) is 1.41. The van der Waals surface area contributed by atoms with Crippen LogP contribution in [0, 0.1) is 0 Å². The van der Waals surface area contributed by atoms with Gasteiger partial charge in [0.05, 0.1) is 0 Å². The van der Waals surface area contributed by atoms with Crippen molar-refractivity contribution in [3.8, 4) is 0 Å².